The normalized spacial score (nSPS) is 10.7. The Kier molecular flexibility index (Phi) is 34.3. The maximum atomic E-state index is 11.5. The number of amides is 1. The summed E-state index contributed by atoms with van der Waals surface area (Å²) in [5.74, 6) is -1.45. The Morgan fingerprint density at radius 3 is 1.12 bits per heavy atom. The van der Waals surface area contributed by atoms with Gasteiger partial charge < -0.3 is 62.2 Å². The fourth-order valence-corrected chi connectivity index (χ4v) is 2.98. The molecule has 0 aromatic rings. The van der Waals surface area contributed by atoms with Gasteiger partial charge in [-0.2, -0.15) is 0 Å². The Balaban J connectivity index is 3.18. The first-order valence-corrected chi connectivity index (χ1v) is 15.8. The van der Waals surface area contributed by atoms with Gasteiger partial charge in [-0.1, -0.05) is 13.2 Å². The van der Waals surface area contributed by atoms with Crippen molar-refractivity contribution in [2.75, 3.05) is 139 Å². The first kappa shape index (κ1) is 44.8. The molecule has 0 radical (unpaired) electrons. The predicted octanol–water partition coefficient (Wildman–Crippen LogP) is 0.627. The SMILES string of the molecule is C=CC(=O)OCCCC(=O)OCCOCCOCCOCCOCCOCCOCCOCCOCCOC(=O)NCCOC(=O)C=C. The highest BCUT2D eigenvalue weighted by Gasteiger charge is 2.04. The zero-order chi connectivity index (χ0) is 35.2. The molecule has 0 saturated heterocycles. The molecule has 0 fully saturated rings. The highest BCUT2D eigenvalue weighted by Crippen LogP contribution is 1.95. The topological polar surface area (TPSA) is 191 Å². The number of carbonyl (C=O) groups excluding carboxylic acids is 4. The first-order chi connectivity index (χ1) is 23.5. The lowest BCUT2D eigenvalue weighted by Crippen LogP contribution is -2.29. The molecule has 0 atom stereocenters. The molecule has 0 aliphatic rings. The van der Waals surface area contributed by atoms with Gasteiger partial charge in [-0.15, -0.1) is 0 Å². The molecular formula is C31H53NO16. The Morgan fingerprint density at radius 1 is 0.417 bits per heavy atom. The molecule has 0 aliphatic carbocycles. The number of hydrogen-bond acceptors (Lipinski definition) is 16. The quantitative estimate of drug-likeness (QED) is 0.0415. The van der Waals surface area contributed by atoms with Crippen molar-refractivity contribution in [3.05, 3.63) is 25.3 Å². The van der Waals surface area contributed by atoms with E-state index in [4.69, 9.17) is 56.8 Å². The summed E-state index contributed by atoms with van der Waals surface area (Å²) in [6.07, 6.45) is 2.03. The summed E-state index contributed by atoms with van der Waals surface area (Å²) in [5, 5.41) is 2.43. The zero-order valence-electron chi connectivity index (χ0n) is 27.9. The van der Waals surface area contributed by atoms with E-state index in [9.17, 15) is 19.2 Å². The molecule has 0 bridgehead atoms. The monoisotopic (exact) mass is 695 g/mol. The maximum absolute atomic E-state index is 11.5. The van der Waals surface area contributed by atoms with Crippen LogP contribution in [0, 0.1) is 0 Å². The van der Waals surface area contributed by atoms with Crippen LogP contribution in [0.15, 0.2) is 25.3 Å². The number of nitrogens with one attached hydrogen (secondary N) is 1. The summed E-state index contributed by atoms with van der Waals surface area (Å²) in [4.78, 5) is 44.7. The van der Waals surface area contributed by atoms with E-state index >= 15 is 0 Å². The standard InChI is InChI=1S/C31H53NO16/c1-3-28(33)45-8-5-6-30(35)47-26-24-43-22-20-41-18-16-39-14-12-37-10-11-38-13-15-40-17-19-42-21-23-44-25-27-48-31(36)32-7-9-46-29(34)4-2/h3-4H,1-2,5-27H2,(H,32,36). The number of hydrogen-bond donors (Lipinski definition) is 1. The van der Waals surface area contributed by atoms with E-state index in [-0.39, 0.29) is 58.6 Å². The summed E-state index contributed by atoms with van der Waals surface area (Å²) in [6.45, 7) is 13.5. The molecule has 48 heavy (non-hydrogen) atoms. The summed E-state index contributed by atoms with van der Waals surface area (Å²) in [6, 6.07) is 0. The largest absolute Gasteiger partial charge is 0.463 e. The van der Waals surface area contributed by atoms with Gasteiger partial charge in [0.1, 0.15) is 19.8 Å². The van der Waals surface area contributed by atoms with Crippen LogP contribution in [0.5, 0.6) is 0 Å². The van der Waals surface area contributed by atoms with E-state index in [1.54, 1.807) is 0 Å². The van der Waals surface area contributed by atoms with Gasteiger partial charge in [0.2, 0.25) is 0 Å². The van der Waals surface area contributed by atoms with Gasteiger partial charge in [0, 0.05) is 18.6 Å². The smallest absolute Gasteiger partial charge is 0.407 e. The van der Waals surface area contributed by atoms with Crippen LogP contribution >= 0.6 is 0 Å². The number of esters is 3. The summed E-state index contributed by atoms with van der Waals surface area (Å²) in [5.41, 5.74) is 0. The Morgan fingerprint density at radius 2 is 0.750 bits per heavy atom. The van der Waals surface area contributed by atoms with Crippen LogP contribution in [0.25, 0.3) is 0 Å². The molecule has 17 heteroatoms. The highest BCUT2D eigenvalue weighted by atomic mass is 16.6. The summed E-state index contributed by atoms with van der Waals surface area (Å²) in [7, 11) is 0. The van der Waals surface area contributed by atoms with Gasteiger partial charge in [-0.3, -0.25) is 4.79 Å². The third-order valence-electron chi connectivity index (χ3n) is 5.27. The van der Waals surface area contributed by atoms with Crippen molar-refractivity contribution in [2.45, 2.75) is 12.8 Å². The van der Waals surface area contributed by atoms with Gasteiger partial charge in [0.05, 0.1) is 119 Å². The van der Waals surface area contributed by atoms with Crippen molar-refractivity contribution in [3.8, 4) is 0 Å². The fourth-order valence-electron chi connectivity index (χ4n) is 2.98. The van der Waals surface area contributed by atoms with Crippen molar-refractivity contribution in [1.29, 1.82) is 0 Å². The Hall–Kier alpha value is -3.16. The van der Waals surface area contributed by atoms with Crippen molar-refractivity contribution in [3.63, 3.8) is 0 Å². The number of carbonyl (C=O) groups is 4. The molecule has 17 nitrogen and oxygen atoms in total. The van der Waals surface area contributed by atoms with E-state index in [0.29, 0.717) is 98.9 Å². The van der Waals surface area contributed by atoms with Crippen LogP contribution in [0.4, 0.5) is 4.79 Å². The minimum Gasteiger partial charge on any atom is -0.463 e. The van der Waals surface area contributed by atoms with E-state index in [0.717, 1.165) is 12.2 Å². The molecule has 0 rings (SSSR count). The zero-order valence-corrected chi connectivity index (χ0v) is 27.9. The first-order valence-electron chi connectivity index (χ1n) is 15.8. The van der Waals surface area contributed by atoms with Crippen LogP contribution in [0.3, 0.4) is 0 Å². The van der Waals surface area contributed by atoms with Crippen LogP contribution < -0.4 is 5.32 Å². The third kappa shape index (κ3) is 35.7. The van der Waals surface area contributed by atoms with Gasteiger partial charge >= 0.3 is 24.0 Å². The number of ether oxygens (including phenoxy) is 12. The van der Waals surface area contributed by atoms with Crippen molar-refractivity contribution in [2.24, 2.45) is 0 Å². The molecule has 0 unspecified atom stereocenters. The third-order valence-corrected chi connectivity index (χ3v) is 5.27. The second-order valence-corrected chi connectivity index (χ2v) is 9.03. The van der Waals surface area contributed by atoms with E-state index in [2.05, 4.69) is 18.5 Å². The second kappa shape index (κ2) is 36.7. The molecule has 0 aliphatic heterocycles. The molecule has 0 aromatic carbocycles. The van der Waals surface area contributed by atoms with Gasteiger partial charge in [-0.05, 0) is 6.42 Å². The molecular weight excluding hydrogens is 642 g/mol. The highest BCUT2D eigenvalue weighted by molar-refractivity contribution is 5.81. The molecule has 0 saturated carbocycles. The van der Waals surface area contributed by atoms with Crippen LogP contribution in [0.2, 0.25) is 0 Å². The molecule has 1 N–H and O–H groups in total. The Bertz CT molecular complexity index is 762. The lowest BCUT2D eigenvalue weighted by molar-refractivity contribution is -0.147. The fraction of sp³-hybridized carbons (Fsp3) is 0.742. The second-order valence-electron chi connectivity index (χ2n) is 9.03. The van der Waals surface area contributed by atoms with E-state index in [1.165, 1.54) is 0 Å². The van der Waals surface area contributed by atoms with Crippen LogP contribution in [-0.2, 0) is 71.2 Å². The van der Waals surface area contributed by atoms with Crippen molar-refractivity contribution in [1.82, 2.24) is 5.32 Å². The maximum Gasteiger partial charge on any atom is 0.407 e. The predicted molar refractivity (Wildman–Crippen MR) is 168 cm³/mol. The molecule has 0 aromatic heterocycles. The van der Waals surface area contributed by atoms with Gasteiger partial charge in [0.25, 0.3) is 0 Å². The minimum absolute atomic E-state index is 0.0326. The number of alkyl carbamates (subject to hydrolysis) is 1. The van der Waals surface area contributed by atoms with Gasteiger partial charge in [0.15, 0.2) is 0 Å². The lowest BCUT2D eigenvalue weighted by Gasteiger charge is -2.09. The lowest BCUT2D eigenvalue weighted by atomic mass is 10.3. The molecule has 1 amide bonds. The van der Waals surface area contributed by atoms with Crippen molar-refractivity contribution >= 4 is 24.0 Å². The van der Waals surface area contributed by atoms with Crippen LogP contribution in [-0.4, -0.2) is 163 Å². The summed E-state index contributed by atoms with van der Waals surface area (Å²) < 4.78 is 62.5. The average molecular weight is 696 g/mol. The van der Waals surface area contributed by atoms with E-state index < -0.39 is 18.0 Å². The van der Waals surface area contributed by atoms with Crippen LogP contribution in [0.1, 0.15) is 12.8 Å². The molecule has 0 spiro atoms. The average Bonchev–Trinajstić information content (AvgIpc) is 3.09. The Labute approximate surface area is 282 Å². The van der Waals surface area contributed by atoms with Crippen molar-refractivity contribution < 1.29 is 76.0 Å². The molecule has 278 valence electrons. The number of rotatable bonds is 36. The van der Waals surface area contributed by atoms with Gasteiger partial charge in [-0.25, -0.2) is 14.4 Å². The molecule has 0 heterocycles. The summed E-state index contributed by atoms with van der Waals surface area (Å²) >= 11 is 0. The van der Waals surface area contributed by atoms with E-state index in [1.807, 2.05) is 0 Å². The minimum atomic E-state index is -0.625.